The van der Waals surface area contributed by atoms with Gasteiger partial charge in [0.2, 0.25) is 0 Å². The lowest BCUT2D eigenvalue weighted by atomic mass is 9.90. The Bertz CT molecular complexity index is 487. The molecule has 0 heterocycles. The standard InChI is InChI=1S/C15H20BrFN2O/c1-18-11-4-6-12(7-5-11)19(2)15(20)10-3-8-14(17)13(16)9-10/h3,8-9,11-12,18H,4-7H2,1-2H3. The van der Waals surface area contributed by atoms with Crippen LogP contribution in [-0.2, 0) is 0 Å². The highest BCUT2D eigenvalue weighted by Crippen LogP contribution is 2.24. The Morgan fingerprint density at radius 3 is 2.55 bits per heavy atom. The van der Waals surface area contributed by atoms with Crippen LogP contribution in [0, 0.1) is 5.82 Å². The van der Waals surface area contributed by atoms with Crippen molar-refractivity contribution in [2.24, 2.45) is 0 Å². The SMILES string of the molecule is CNC1CCC(N(C)C(=O)c2ccc(F)c(Br)c2)CC1. The molecular formula is C15H20BrFN2O. The van der Waals surface area contributed by atoms with Crippen LogP contribution in [0.2, 0.25) is 0 Å². The number of nitrogens with one attached hydrogen (secondary N) is 1. The number of benzene rings is 1. The second-order valence-corrected chi connectivity index (χ2v) is 6.19. The smallest absolute Gasteiger partial charge is 0.253 e. The van der Waals surface area contributed by atoms with Gasteiger partial charge >= 0.3 is 0 Å². The number of rotatable bonds is 3. The van der Waals surface area contributed by atoms with E-state index >= 15 is 0 Å². The summed E-state index contributed by atoms with van der Waals surface area (Å²) >= 11 is 3.12. The molecular weight excluding hydrogens is 323 g/mol. The van der Waals surface area contributed by atoms with Gasteiger partial charge in [-0.2, -0.15) is 0 Å². The summed E-state index contributed by atoms with van der Waals surface area (Å²) in [6, 6.07) is 5.25. The summed E-state index contributed by atoms with van der Waals surface area (Å²) in [5, 5.41) is 3.29. The Hall–Kier alpha value is -0.940. The van der Waals surface area contributed by atoms with E-state index in [4.69, 9.17) is 0 Å². The van der Waals surface area contributed by atoms with E-state index in [1.807, 2.05) is 14.1 Å². The van der Waals surface area contributed by atoms with Crippen LogP contribution in [0.25, 0.3) is 0 Å². The lowest BCUT2D eigenvalue weighted by Gasteiger charge is -2.34. The lowest BCUT2D eigenvalue weighted by molar-refractivity contribution is 0.0685. The summed E-state index contributed by atoms with van der Waals surface area (Å²) in [5.41, 5.74) is 0.525. The third-order valence-electron chi connectivity index (χ3n) is 4.14. The summed E-state index contributed by atoms with van der Waals surface area (Å²) in [4.78, 5) is 14.2. The monoisotopic (exact) mass is 342 g/mol. The van der Waals surface area contributed by atoms with Crippen LogP contribution in [0.5, 0.6) is 0 Å². The van der Waals surface area contributed by atoms with Gasteiger partial charge in [0.05, 0.1) is 4.47 Å². The van der Waals surface area contributed by atoms with Crippen molar-refractivity contribution >= 4 is 21.8 Å². The molecule has 1 aliphatic carbocycles. The van der Waals surface area contributed by atoms with Gasteiger partial charge in [-0.1, -0.05) is 0 Å². The summed E-state index contributed by atoms with van der Waals surface area (Å²) in [6.45, 7) is 0. The maximum Gasteiger partial charge on any atom is 0.253 e. The molecule has 1 aromatic carbocycles. The third-order valence-corrected chi connectivity index (χ3v) is 4.75. The van der Waals surface area contributed by atoms with Crippen molar-refractivity contribution in [3.05, 3.63) is 34.1 Å². The van der Waals surface area contributed by atoms with E-state index in [-0.39, 0.29) is 17.8 Å². The first-order chi connectivity index (χ1) is 9.52. The van der Waals surface area contributed by atoms with Gasteiger partial charge in [-0.3, -0.25) is 4.79 Å². The molecule has 0 unspecified atom stereocenters. The second kappa shape index (κ2) is 6.68. The normalized spacial score (nSPS) is 22.6. The van der Waals surface area contributed by atoms with Crippen molar-refractivity contribution in [2.45, 2.75) is 37.8 Å². The molecule has 0 radical (unpaired) electrons. The van der Waals surface area contributed by atoms with Crippen LogP contribution in [-0.4, -0.2) is 37.0 Å². The van der Waals surface area contributed by atoms with Crippen LogP contribution in [0.1, 0.15) is 36.0 Å². The van der Waals surface area contributed by atoms with E-state index in [1.54, 1.807) is 11.0 Å². The predicted octanol–water partition coefficient (Wildman–Crippen LogP) is 3.19. The average Bonchev–Trinajstić information content (AvgIpc) is 2.48. The van der Waals surface area contributed by atoms with E-state index in [1.165, 1.54) is 12.1 Å². The second-order valence-electron chi connectivity index (χ2n) is 5.34. The van der Waals surface area contributed by atoms with E-state index in [0.29, 0.717) is 16.1 Å². The molecule has 1 N–H and O–H groups in total. The molecule has 5 heteroatoms. The molecule has 2 rings (SSSR count). The molecule has 0 aliphatic heterocycles. The topological polar surface area (TPSA) is 32.3 Å². The highest BCUT2D eigenvalue weighted by molar-refractivity contribution is 9.10. The van der Waals surface area contributed by atoms with Crippen molar-refractivity contribution in [1.82, 2.24) is 10.2 Å². The van der Waals surface area contributed by atoms with Gasteiger partial charge < -0.3 is 10.2 Å². The van der Waals surface area contributed by atoms with Gasteiger partial charge in [-0.15, -0.1) is 0 Å². The molecule has 0 bridgehead atoms. The lowest BCUT2D eigenvalue weighted by Crippen LogP contribution is -2.42. The van der Waals surface area contributed by atoms with Gasteiger partial charge in [0, 0.05) is 24.7 Å². The van der Waals surface area contributed by atoms with E-state index < -0.39 is 0 Å². The Morgan fingerprint density at radius 2 is 2.00 bits per heavy atom. The molecule has 1 fully saturated rings. The maximum atomic E-state index is 13.2. The molecule has 0 spiro atoms. The summed E-state index contributed by atoms with van der Waals surface area (Å²) in [5.74, 6) is -0.391. The number of nitrogens with zero attached hydrogens (tertiary/aromatic N) is 1. The van der Waals surface area contributed by atoms with Crippen LogP contribution in [0.15, 0.2) is 22.7 Å². The molecule has 0 atom stereocenters. The van der Waals surface area contributed by atoms with Crippen LogP contribution >= 0.6 is 15.9 Å². The molecule has 0 aromatic heterocycles. The van der Waals surface area contributed by atoms with Crippen LogP contribution < -0.4 is 5.32 Å². The molecule has 1 aromatic rings. The van der Waals surface area contributed by atoms with Gasteiger partial charge in [0.1, 0.15) is 5.82 Å². The molecule has 3 nitrogen and oxygen atoms in total. The van der Waals surface area contributed by atoms with Crippen molar-refractivity contribution in [3.63, 3.8) is 0 Å². The number of carbonyl (C=O) groups is 1. The Morgan fingerprint density at radius 1 is 1.35 bits per heavy atom. The Kier molecular flexibility index (Phi) is 5.16. The van der Waals surface area contributed by atoms with Crippen molar-refractivity contribution in [1.29, 1.82) is 0 Å². The summed E-state index contributed by atoms with van der Waals surface area (Å²) < 4.78 is 13.6. The van der Waals surface area contributed by atoms with Gasteiger partial charge in [0.15, 0.2) is 0 Å². The first-order valence-corrected chi connectivity index (χ1v) is 7.71. The van der Waals surface area contributed by atoms with Gasteiger partial charge in [0.25, 0.3) is 5.91 Å². The highest BCUT2D eigenvalue weighted by Gasteiger charge is 2.26. The molecule has 1 amide bonds. The van der Waals surface area contributed by atoms with E-state index in [0.717, 1.165) is 25.7 Å². The Labute approximate surface area is 127 Å². The molecule has 20 heavy (non-hydrogen) atoms. The molecule has 1 aliphatic rings. The number of halogens is 2. The van der Waals surface area contributed by atoms with Gasteiger partial charge in [-0.05, 0) is 66.9 Å². The fraction of sp³-hybridized carbons (Fsp3) is 0.533. The zero-order valence-electron chi connectivity index (χ0n) is 11.8. The summed E-state index contributed by atoms with van der Waals surface area (Å²) in [6.07, 6.45) is 4.20. The maximum absolute atomic E-state index is 13.2. The molecule has 0 saturated heterocycles. The zero-order valence-corrected chi connectivity index (χ0v) is 13.4. The molecule has 1 saturated carbocycles. The van der Waals surface area contributed by atoms with Crippen LogP contribution in [0.3, 0.4) is 0 Å². The Balaban J connectivity index is 2.03. The quantitative estimate of drug-likeness (QED) is 0.914. The molecule has 110 valence electrons. The average molecular weight is 343 g/mol. The first-order valence-electron chi connectivity index (χ1n) is 6.92. The van der Waals surface area contributed by atoms with E-state index in [9.17, 15) is 9.18 Å². The predicted molar refractivity (Wildman–Crippen MR) is 81.3 cm³/mol. The number of amides is 1. The van der Waals surface area contributed by atoms with Crippen molar-refractivity contribution in [2.75, 3.05) is 14.1 Å². The third kappa shape index (κ3) is 3.38. The fourth-order valence-corrected chi connectivity index (χ4v) is 3.13. The van der Waals surface area contributed by atoms with Crippen LogP contribution in [0.4, 0.5) is 4.39 Å². The minimum Gasteiger partial charge on any atom is -0.339 e. The summed E-state index contributed by atoms with van der Waals surface area (Å²) in [7, 11) is 3.82. The van der Waals surface area contributed by atoms with Gasteiger partial charge in [-0.25, -0.2) is 4.39 Å². The highest BCUT2D eigenvalue weighted by atomic mass is 79.9. The first kappa shape index (κ1) is 15.4. The largest absolute Gasteiger partial charge is 0.339 e. The van der Waals surface area contributed by atoms with E-state index in [2.05, 4.69) is 21.2 Å². The number of hydrogen-bond acceptors (Lipinski definition) is 2. The number of hydrogen-bond donors (Lipinski definition) is 1. The zero-order chi connectivity index (χ0) is 14.7. The fourth-order valence-electron chi connectivity index (χ4n) is 2.75. The minimum atomic E-state index is -0.348. The van der Waals surface area contributed by atoms with Crippen molar-refractivity contribution in [3.8, 4) is 0 Å². The number of carbonyl (C=O) groups excluding carboxylic acids is 1. The van der Waals surface area contributed by atoms with Crippen molar-refractivity contribution < 1.29 is 9.18 Å². The minimum absolute atomic E-state index is 0.0430.